The minimum atomic E-state index is -1.04. The Morgan fingerprint density at radius 3 is 1.95 bits per heavy atom. The summed E-state index contributed by atoms with van der Waals surface area (Å²) in [4.78, 5) is 48.8. The van der Waals surface area contributed by atoms with Gasteiger partial charge in [0.1, 0.15) is 18.8 Å². The lowest BCUT2D eigenvalue weighted by Gasteiger charge is -2.20. The van der Waals surface area contributed by atoms with Crippen molar-refractivity contribution in [3.05, 3.63) is 23.8 Å². The van der Waals surface area contributed by atoms with Crippen molar-refractivity contribution in [3.63, 3.8) is 0 Å². The molecule has 214 valence electrons. The Morgan fingerprint density at radius 1 is 0.868 bits per heavy atom. The van der Waals surface area contributed by atoms with Gasteiger partial charge in [-0.2, -0.15) is 0 Å². The highest BCUT2D eigenvalue weighted by Crippen LogP contribution is 2.32. The van der Waals surface area contributed by atoms with Crippen LogP contribution in [0.5, 0.6) is 11.5 Å². The lowest BCUT2D eigenvalue weighted by atomic mass is 9.92. The predicted molar refractivity (Wildman–Crippen MR) is 141 cm³/mol. The van der Waals surface area contributed by atoms with Gasteiger partial charge < -0.3 is 29.4 Å². The minimum absolute atomic E-state index is 0.0622. The normalized spacial score (nSPS) is 13.2. The van der Waals surface area contributed by atoms with E-state index in [-0.39, 0.29) is 54.8 Å². The molecule has 0 unspecified atom stereocenters. The van der Waals surface area contributed by atoms with Gasteiger partial charge in [0.25, 0.3) is 0 Å². The van der Waals surface area contributed by atoms with Crippen LogP contribution < -0.4 is 15.2 Å². The highest BCUT2D eigenvalue weighted by molar-refractivity contribution is 5.78. The fourth-order valence-corrected chi connectivity index (χ4v) is 3.09. The molecule has 0 radical (unpaired) electrons. The number of nitrogens with two attached hydrogens (primary N) is 1. The summed E-state index contributed by atoms with van der Waals surface area (Å²) in [5.41, 5.74) is 6.00. The Hall–Kier alpha value is -3.14. The molecule has 0 bridgehead atoms. The molecule has 0 spiro atoms. The zero-order chi connectivity index (χ0) is 29.1. The third-order valence-corrected chi connectivity index (χ3v) is 4.75. The molecule has 0 fully saturated rings. The van der Waals surface area contributed by atoms with E-state index in [1.165, 1.54) is 12.1 Å². The second-order valence-corrected chi connectivity index (χ2v) is 11.7. The molecule has 1 aromatic rings. The molecule has 10 nitrogen and oxygen atoms in total. The Bertz CT molecular complexity index is 960. The monoisotopic (exact) mass is 537 g/mol. The van der Waals surface area contributed by atoms with E-state index in [1.54, 1.807) is 13.0 Å². The van der Waals surface area contributed by atoms with Gasteiger partial charge >= 0.3 is 24.1 Å². The largest absolute Gasteiger partial charge is 0.508 e. The Balaban J connectivity index is 2.90. The summed E-state index contributed by atoms with van der Waals surface area (Å²) in [6.45, 7) is 14.9. The standard InChI is InChI=1S/C28H43NO9/c1-9-12-34-26(33)36-18(2)17-35-25(32)20(29)13-19-10-11-21(37-23(30)15-27(3,4)5)22(14-19)38-24(31)16-28(6,7)8/h10-11,14,18,20H,9,12-13,15-17,29H2,1-8H3/t18-,20-/m0/s1. The molecule has 0 saturated carbocycles. The number of esters is 3. The second kappa shape index (κ2) is 14.7. The number of carbonyl (C=O) groups excluding carboxylic acids is 4. The SMILES string of the molecule is CCCOC(=O)O[C@@H](C)COC(=O)[C@@H](N)Cc1ccc(OC(=O)CC(C)(C)C)c(OC(=O)CC(C)(C)C)c1. The average molecular weight is 538 g/mol. The first-order valence-corrected chi connectivity index (χ1v) is 12.8. The van der Waals surface area contributed by atoms with Crippen molar-refractivity contribution in [2.45, 2.75) is 93.2 Å². The number of ether oxygens (including phenoxy) is 5. The van der Waals surface area contributed by atoms with Crippen LogP contribution in [0.15, 0.2) is 18.2 Å². The van der Waals surface area contributed by atoms with E-state index in [0.717, 1.165) is 0 Å². The molecule has 0 aromatic heterocycles. The van der Waals surface area contributed by atoms with Crippen LogP contribution in [0, 0.1) is 10.8 Å². The molecule has 2 atom stereocenters. The van der Waals surface area contributed by atoms with Crippen LogP contribution in [0.1, 0.15) is 80.2 Å². The maximum atomic E-state index is 12.5. The fraction of sp³-hybridized carbons (Fsp3) is 0.643. The molecular weight excluding hydrogens is 494 g/mol. The molecule has 1 aromatic carbocycles. The molecule has 10 heteroatoms. The van der Waals surface area contributed by atoms with Crippen LogP contribution in [0.2, 0.25) is 0 Å². The number of hydrogen-bond acceptors (Lipinski definition) is 10. The van der Waals surface area contributed by atoms with E-state index in [9.17, 15) is 19.2 Å². The molecule has 0 saturated heterocycles. The molecule has 0 aliphatic carbocycles. The topological polar surface area (TPSA) is 140 Å². The highest BCUT2D eigenvalue weighted by Gasteiger charge is 2.24. The van der Waals surface area contributed by atoms with E-state index in [1.807, 2.05) is 48.5 Å². The van der Waals surface area contributed by atoms with E-state index in [2.05, 4.69) is 0 Å². The summed E-state index contributed by atoms with van der Waals surface area (Å²) in [6.07, 6.45) is -0.523. The molecule has 0 amide bonds. The lowest BCUT2D eigenvalue weighted by molar-refractivity contribution is -0.148. The zero-order valence-electron chi connectivity index (χ0n) is 23.9. The van der Waals surface area contributed by atoms with Gasteiger partial charge in [0.2, 0.25) is 0 Å². The summed E-state index contributed by atoms with van der Waals surface area (Å²) in [7, 11) is 0. The summed E-state index contributed by atoms with van der Waals surface area (Å²) >= 11 is 0. The Labute approximate surface area is 225 Å². The first-order chi connectivity index (χ1) is 17.5. The molecule has 2 N–H and O–H groups in total. The van der Waals surface area contributed by atoms with Crippen LogP contribution in [0.25, 0.3) is 0 Å². The number of rotatable bonds is 12. The summed E-state index contributed by atoms with van der Waals surface area (Å²) in [6, 6.07) is 3.61. The van der Waals surface area contributed by atoms with Gasteiger partial charge in [0.05, 0.1) is 19.4 Å². The van der Waals surface area contributed by atoms with Crippen LogP contribution in [0.3, 0.4) is 0 Å². The van der Waals surface area contributed by atoms with Crippen LogP contribution in [-0.2, 0) is 35.0 Å². The van der Waals surface area contributed by atoms with Crippen LogP contribution in [-0.4, -0.2) is 49.4 Å². The number of carbonyl (C=O) groups is 4. The van der Waals surface area contributed by atoms with Crippen molar-refractivity contribution in [1.29, 1.82) is 0 Å². The summed E-state index contributed by atoms with van der Waals surface area (Å²) < 4.78 is 26.0. The van der Waals surface area contributed by atoms with Crippen LogP contribution in [0.4, 0.5) is 4.79 Å². The third kappa shape index (κ3) is 14.0. The van der Waals surface area contributed by atoms with E-state index in [4.69, 9.17) is 29.4 Å². The molecule has 0 heterocycles. The third-order valence-electron chi connectivity index (χ3n) is 4.75. The number of hydrogen-bond donors (Lipinski definition) is 1. The van der Waals surface area contributed by atoms with Crippen molar-refractivity contribution in [1.82, 2.24) is 0 Å². The van der Waals surface area contributed by atoms with Gasteiger partial charge in [-0.25, -0.2) is 4.79 Å². The average Bonchev–Trinajstić information content (AvgIpc) is 2.75. The summed E-state index contributed by atoms with van der Waals surface area (Å²) in [5.74, 6) is -1.49. The Kier molecular flexibility index (Phi) is 12.7. The molecule has 0 aliphatic rings. The maximum absolute atomic E-state index is 12.5. The van der Waals surface area contributed by atoms with Crippen molar-refractivity contribution in [2.24, 2.45) is 16.6 Å². The smallest absolute Gasteiger partial charge is 0.461 e. The van der Waals surface area contributed by atoms with Gasteiger partial charge in [-0.05, 0) is 48.3 Å². The summed E-state index contributed by atoms with van der Waals surface area (Å²) in [5, 5.41) is 0. The lowest BCUT2D eigenvalue weighted by Crippen LogP contribution is -2.36. The van der Waals surface area contributed by atoms with Crippen molar-refractivity contribution in [2.75, 3.05) is 13.2 Å². The molecule has 0 aliphatic heterocycles. The molecule has 38 heavy (non-hydrogen) atoms. The van der Waals surface area contributed by atoms with E-state index in [0.29, 0.717) is 12.0 Å². The highest BCUT2D eigenvalue weighted by atomic mass is 16.7. The van der Waals surface area contributed by atoms with Gasteiger partial charge in [-0.1, -0.05) is 54.5 Å². The van der Waals surface area contributed by atoms with Crippen LogP contribution >= 0.6 is 0 Å². The first-order valence-electron chi connectivity index (χ1n) is 12.8. The van der Waals surface area contributed by atoms with Gasteiger partial charge in [0.15, 0.2) is 11.5 Å². The quantitative estimate of drug-likeness (QED) is 0.294. The van der Waals surface area contributed by atoms with E-state index < -0.39 is 36.2 Å². The van der Waals surface area contributed by atoms with Crippen molar-refractivity contribution < 1.29 is 42.9 Å². The first kappa shape index (κ1) is 32.9. The molecular formula is C28H43NO9. The van der Waals surface area contributed by atoms with Gasteiger partial charge in [-0.15, -0.1) is 0 Å². The van der Waals surface area contributed by atoms with Gasteiger partial charge in [-0.3, -0.25) is 14.4 Å². The van der Waals surface area contributed by atoms with Gasteiger partial charge in [0, 0.05) is 0 Å². The maximum Gasteiger partial charge on any atom is 0.508 e. The number of benzene rings is 1. The zero-order valence-corrected chi connectivity index (χ0v) is 23.9. The minimum Gasteiger partial charge on any atom is -0.461 e. The second-order valence-electron chi connectivity index (χ2n) is 11.7. The fourth-order valence-electron chi connectivity index (χ4n) is 3.09. The Morgan fingerprint density at radius 2 is 1.42 bits per heavy atom. The van der Waals surface area contributed by atoms with E-state index >= 15 is 0 Å². The van der Waals surface area contributed by atoms with Crippen molar-refractivity contribution in [3.8, 4) is 11.5 Å². The predicted octanol–water partition coefficient (Wildman–Crippen LogP) is 4.73. The molecule has 1 rings (SSSR count). The van der Waals surface area contributed by atoms with Crippen molar-refractivity contribution >= 4 is 24.1 Å².